The van der Waals surface area contributed by atoms with Crippen LogP contribution in [-0.2, 0) is 14.3 Å². The third-order valence-electron chi connectivity index (χ3n) is 5.94. The summed E-state index contributed by atoms with van der Waals surface area (Å²) < 4.78 is 10.9. The van der Waals surface area contributed by atoms with Crippen LogP contribution in [0.2, 0.25) is 0 Å². The molecule has 0 aliphatic carbocycles. The zero-order chi connectivity index (χ0) is 22.4. The van der Waals surface area contributed by atoms with Gasteiger partial charge in [0.25, 0.3) is 11.8 Å². The first-order valence-corrected chi connectivity index (χ1v) is 11.4. The molecule has 10 heteroatoms. The van der Waals surface area contributed by atoms with E-state index in [1.807, 2.05) is 30.3 Å². The number of carboxylic acid groups (broad SMARTS) is 1. The molecule has 2 fully saturated rings. The zero-order valence-corrected chi connectivity index (χ0v) is 18.1. The summed E-state index contributed by atoms with van der Waals surface area (Å²) in [5.41, 5.74) is 2.00. The average molecular weight is 455 g/mol. The van der Waals surface area contributed by atoms with Crippen LogP contribution in [0.1, 0.15) is 29.0 Å². The number of benzene rings is 1. The van der Waals surface area contributed by atoms with Crippen molar-refractivity contribution in [2.24, 2.45) is 0 Å². The number of aliphatic carboxylic acids is 1. The molecule has 2 N–H and O–H groups in total. The Hall–Kier alpha value is -3.11. The van der Waals surface area contributed by atoms with Crippen LogP contribution in [0, 0.1) is 6.92 Å². The molecule has 0 bridgehead atoms. The highest BCUT2D eigenvalue weighted by Gasteiger charge is 2.55. The van der Waals surface area contributed by atoms with E-state index in [-0.39, 0.29) is 17.4 Å². The lowest BCUT2D eigenvalue weighted by molar-refractivity contribution is -0.149. The summed E-state index contributed by atoms with van der Waals surface area (Å²) in [6.45, 7) is 2.22. The highest BCUT2D eigenvalue weighted by molar-refractivity contribution is 8.00. The lowest BCUT2D eigenvalue weighted by atomic mass is 9.98. The maximum atomic E-state index is 13.1. The number of aromatic nitrogens is 1. The van der Waals surface area contributed by atoms with E-state index in [1.54, 1.807) is 6.92 Å². The summed E-state index contributed by atoms with van der Waals surface area (Å²) in [6, 6.07) is 8.33. The number of carbonyl (C=O) groups excluding carboxylic acids is 2. The minimum atomic E-state index is -1.15. The summed E-state index contributed by atoms with van der Waals surface area (Å²) in [5.74, 6) is -1.30. The van der Waals surface area contributed by atoms with E-state index in [9.17, 15) is 19.5 Å². The second-order valence-corrected chi connectivity index (χ2v) is 8.97. The topological polar surface area (TPSA) is 122 Å². The number of fused-ring (bicyclic) bond motifs is 1. The van der Waals surface area contributed by atoms with Gasteiger partial charge >= 0.3 is 5.97 Å². The number of aryl methyl sites for hydroxylation is 1. The third kappa shape index (κ3) is 3.30. The monoisotopic (exact) mass is 455 g/mol. The molecule has 9 nitrogen and oxygen atoms in total. The van der Waals surface area contributed by atoms with Gasteiger partial charge in [0.2, 0.25) is 0 Å². The lowest BCUT2D eigenvalue weighted by Crippen LogP contribution is -2.70. The molecule has 5 rings (SSSR count). The van der Waals surface area contributed by atoms with Crippen molar-refractivity contribution in [3.8, 4) is 11.3 Å². The molecule has 166 valence electrons. The first-order chi connectivity index (χ1) is 15.5. The molecule has 4 heterocycles. The molecule has 2 saturated heterocycles. The van der Waals surface area contributed by atoms with Crippen molar-refractivity contribution in [3.63, 3.8) is 0 Å². The first-order valence-electron chi connectivity index (χ1n) is 10.3. The van der Waals surface area contributed by atoms with Gasteiger partial charge in [-0.2, -0.15) is 0 Å². The van der Waals surface area contributed by atoms with Crippen molar-refractivity contribution in [1.82, 2.24) is 15.4 Å². The number of hydrogen-bond acceptors (Lipinski definition) is 7. The van der Waals surface area contributed by atoms with Crippen LogP contribution in [0.15, 0.2) is 46.1 Å². The molecule has 1 aromatic carbocycles. The number of nitrogens with zero attached hydrogens (tertiary/aromatic N) is 2. The molecule has 2 amide bonds. The van der Waals surface area contributed by atoms with Crippen molar-refractivity contribution in [1.29, 1.82) is 0 Å². The highest BCUT2D eigenvalue weighted by Crippen LogP contribution is 2.43. The standard InChI is InChI=1S/C22H21N3O6S/c1-11-15(16(24-31-11)12-6-3-2-4-7-12)19(26)23-17-20(27)25-18(22(28)29)13(10-32-21(17)25)14-8-5-9-30-14/h2-4,6-7,14,17,21H,5,8-10H2,1H3,(H,23,26)(H,28,29)/t14-,17+,21+/m0/s1. The number of nitrogens with one attached hydrogen (secondary N) is 1. The SMILES string of the molecule is Cc1onc(-c2ccccc2)c1C(=O)N[C@@H]1C(=O)N2C(C(=O)O)=C([C@@H]3CCCO3)CS[C@H]12. The maximum absolute atomic E-state index is 13.1. The lowest BCUT2D eigenvalue weighted by Gasteiger charge is -2.49. The van der Waals surface area contributed by atoms with Gasteiger partial charge in [-0.3, -0.25) is 14.5 Å². The third-order valence-corrected chi connectivity index (χ3v) is 7.24. The van der Waals surface area contributed by atoms with Crippen LogP contribution in [0.5, 0.6) is 0 Å². The average Bonchev–Trinajstić information content (AvgIpc) is 3.46. The molecule has 0 unspecified atom stereocenters. The molecule has 3 aliphatic heterocycles. The van der Waals surface area contributed by atoms with Crippen molar-refractivity contribution >= 4 is 29.5 Å². The maximum Gasteiger partial charge on any atom is 0.352 e. The van der Waals surface area contributed by atoms with Crippen molar-refractivity contribution in [3.05, 3.63) is 52.9 Å². The Kier molecular flexibility index (Phi) is 5.26. The van der Waals surface area contributed by atoms with E-state index in [1.165, 1.54) is 16.7 Å². The summed E-state index contributed by atoms with van der Waals surface area (Å²) in [6.07, 6.45) is 1.34. The molecule has 0 saturated carbocycles. The fraction of sp³-hybridized carbons (Fsp3) is 0.364. The van der Waals surface area contributed by atoms with E-state index in [0.717, 1.165) is 18.4 Å². The van der Waals surface area contributed by atoms with E-state index in [2.05, 4.69) is 10.5 Å². The van der Waals surface area contributed by atoms with Gasteiger partial charge in [0.05, 0.1) is 6.10 Å². The largest absolute Gasteiger partial charge is 0.477 e. The molecule has 0 radical (unpaired) electrons. The number of carbonyl (C=O) groups is 3. The Bertz CT molecular complexity index is 1120. The molecule has 0 spiro atoms. The Balaban J connectivity index is 1.38. The zero-order valence-electron chi connectivity index (χ0n) is 17.2. The van der Waals surface area contributed by atoms with Gasteiger partial charge in [-0.1, -0.05) is 35.5 Å². The number of carboxylic acids is 1. The fourth-order valence-electron chi connectivity index (χ4n) is 4.39. The van der Waals surface area contributed by atoms with E-state index in [4.69, 9.17) is 9.26 Å². The molecule has 1 aromatic heterocycles. The van der Waals surface area contributed by atoms with Gasteiger partial charge in [-0.25, -0.2) is 4.79 Å². The number of hydrogen-bond donors (Lipinski definition) is 2. The summed E-state index contributed by atoms with van der Waals surface area (Å²) in [7, 11) is 0. The molecular weight excluding hydrogens is 434 g/mol. The van der Waals surface area contributed by atoms with Gasteiger partial charge in [-0.15, -0.1) is 11.8 Å². The normalized spacial score (nSPS) is 24.8. The van der Waals surface area contributed by atoms with Crippen LogP contribution >= 0.6 is 11.8 Å². The van der Waals surface area contributed by atoms with E-state index < -0.39 is 29.2 Å². The van der Waals surface area contributed by atoms with Crippen LogP contribution in [-0.4, -0.2) is 62.8 Å². The van der Waals surface area contributed by atoms with E-state index in [0.29, 0.717) is 29.4 Å². The fourth-order valence-corrected chi connectivity index (χ4v) is 5.80. The van der Waals surface area contributed by atoms with Gasteiger partial charge in [0.1, 0.15) is 34.1 Å². The Morgan fingerprint density at radius 1 is 1.28 bits per heavy atom. The van der Waals surface area contributed by atoms with Crippen LogP contribution < -0.4 is 5.32 Å². The molecule has 3 atom stereocenters. The molecule has 2 aromatic rings. The summed E-state index contributed by atoms with van der Waals surface area (Å²) in [4.78, 5) is 39.3. The predicted molar refractivity (Wildman–Crippen MR) is 115 cm³/mol. The quantitative estimate of drug-likeness (QED) is 0.658. The second-order valence-electron chi connectivity index (χ2n) is 7.87. The minimum absolute atomic E-state index is 0.0118. The Morgan fingerprint density at radius 2 is 2.06 bits per heavy atom. The summed E-state index contributed by atoms with van der Waals surface area (Å²) >= 11 is 1.44. The minimum Gasteiger partial charge on any atom is -0.477 e. The number of rotatable bonds is 5. The number of thioether (sulfide) groups is 1. The number of amides is 2. The second kappa shape index (κ2) is 8.10. The van der Waals surface area contributed by atoms with Crippen molar-refractivity contribution < 1.29 is 28.8 Å². The number of β-lactam (4-membered cyclic amide) rings is 1. The summed E-state index contributed by atoms with van der Waals surface area (Å²) in [5, 5.41) is 16.1. The first kappa shape index (κ1) is 20.8. The van der Waals surface area contributed by atoms with Gasteiger partial charge < -0.3 is 19.7 Å². The smallest absolute Gasteiger partial charge is 0.352 e. The highest BCUT2D eigenvalue weighted by atomic mass is 32.2. The van der Waals surface area contributed by atoms with Gasteiger partial charge in [0.15, 0.2) is 0 Å². The van der Waals surface area contributed by atoms with Crippen molar-refractivity contribution in [2.45, 2.75) is 37.3 Å². The van der Waals surface area contributed by atoms with Crippen LogP contribution in [0.4, 0.5) is 0 Å². The van der Waals surface area contributed by atoms with Gasteiger partial charge in [-0.05, 0) is 25.3 Å². The van der Waals surface area contributed by atoms with Crippen molar-refractivity contribution in [2.75, 3.05) is 12.4 Å². The predicted octanol–water partition coefficient (Wildman–Crippen LogP) is 2.18. The van der Waals surface area contributed by atoms with Gasteiger partial charge in [0, 0.05) is 17.9 Å². The Labute approximate surface area is 187 Å². The molecule has 32 heavy (non-hydrogen) atoms. The van der Waals surface area contributed by atoms with Crippen LogP contribution in [0.25, 0.3) is 11.3 Å². The Morgan fingerprint density at radius 3 is 2.75 bits per heavy atom. The molecular formula is C22H21N3O6S. The number of ether oxygens (including phenoxy) is 1. The van der Waals surface area contributed by atoms with E-state index >= 15 is 0 Å². The van der Waals surface area contributed by atoms with Crippen LogP contribution in [0.3, 0.4) is 0 Å². The molecule has 3 aliphatic rings.